The van der Waals surface area contributed by atoms with Gasteiger partial charge in [-0.05, 0) is 48.0 Å². The van der Waals surface area contributed by atoms with Crippen molar-refractivity contribution in [2.45, 2.75) is 6.04 Å². The van der Waals surface area contributed by atoms with E-state index < -0.39 is 23.5 Å². The number of aromatic hydroxyl groups is 1. The molecule has 170 valence electrons. The van der Waals surface area contributed by atoms with Crippen molar-refractivity contribution in [2.75, 3.05) is 12.0 Å². The van der Waals surface area contributed by atoms with Crippen molar-refractivity contribution in [3.8, 4) is 11.5 Å². The molecule has 1 aliphatic rings. The number of carbonyl (C=O) groups excluding carboxylic acids is 2. The van der Waals surface area contributed by atoms with Gasteiger partial charge in [0, 0.05) is 5.56 Å². The van der Waals surface area contributed by atoms with Crippen LogP contribution in [0.25, 0.3) is 16.0 Å². The summed E-state index contributed by atoms with van der Waals surface area (Å²) < 4.78 is 19.4. The number of amides is 1. The maximum Gasteiger partial charge on any atom is 0.301 e. The highest BCUT2D eigenvalue weighted by Crippen LogP contribution is 2.45. The molecule has 2 heterocycles. The van der Waals surface area contributed by atoms with Crippen molar-refractivity contribution in [3.63, 3.8) is 0 Å². The van der Waals surface area contributed by atoms with Crippen molar-refractivity contribution in [2.24, 2.45) is 0 Å². The number of halogens is 1. The molecule has 1 amide bonds. The molecule has 0 radical (unpaired) electrons. The summed E-state index contributed by atoms with van der Waals surface area (Å²) in [4.78, 5) is 32.0. The number of nitrogens with zero attached hydrogens (tertiary/aromatic N) is 2. The molecule has 0 bridgehead atoms. The molecule has 5 rings (SSSR count). The maximum atomic E-state index is 13.7. The number of Topliss-reactive ketones (excluding diaryl/α,β-unsaturated/α-hetero) is 1. The average Bonchev–Trinajstić information content (AvgIpc) is 3.36. The number of anilines is 1. The molecule has 1 fully saturated rings. The van der Waals surface area contributed by atoms with Crippen molar-refractivity contribution < 1.29 is 28.9 Å². The third-order valence-electron chi connectivity index (χ3n) is 5.52. The highest BCUT2D eigenvalue weighted by Gasteiger charge is 2.48. The molecule has 0 aliphatic carbocycles. The minimum atomic E-state index is -1.07. The second-order valence-corrected chi connectivity index (χ2v) is 8.61. The molecule has 4 aromatic rings. The van der Waals surface area contributed by atoms with Crippen LogP contribution in [-0.2, 0) is 9.59 Å². The zero-order chi connectivity index (χ0) is 24.0. The highest BCUT2D eigenvalue weighted by molar-refractivity contribution is 7.22. The number of fused-ring (bicyclic) bond motifs is 1. The number of methoxy groups -OCH3 is 1. The van der Waals surface area contributed by atoms with Crippen LogP contribution in [0.1, 0.15) is 17.2 Å². The fraction of sp³-hybridized carbons (Fsp3) is 0.0800. The van der Waals surface area contributed by atoms with Crippen LogP contribution in [0.2, 0.25) is 0 Å². The number of aromatic nitrogens is 1. The molecular formula is C25H17FN2O5S. The number of hydrogen-bond donors (Lipinski definition) is 2. The number of rotatable bonds is 4. The number of carbonyl (C=O) groups is 2. The van der Waals surface area contributed by atoms with Gasteiger partial charge in [0.2, 0.25) is 0 Å². The van der Waals surface area contributed by atoms with Gasteiger partial charge < -0.3 is 14.9 Å². The van der Waals surface area contributed by atoms with Gasteiger partial charge in [-0.25, -0.2) is 9.37 Å². The lowest BCUT2D eigenvalue weighted by Gasteiger charge is -2.23. The Hall–Kier alpha value is -4.24. The Kier molecular flexibility index (Phi) is 5.25. The fourth-order valence-corrected chi connectivity index (χ4v) is 4.97. The molecule has 9 heteroatoms. The van der Waals surface area contributed by atoms with E-state index in [1.807, 2.05) is 0 Å². The number of phenolic OH excluding ortho intramolecular Hbond substituents is 1. The first-order chi connectivity index (χ1) is 16.4. The maximum absolute atomic E-state index is 13.7. The smallest absolute Gasteiger partial charge is 0.301 e. The summed E-state index contributed by atoms with van der Waals surface area (Å²) in [6, 6.07) is 15.5. The van der Waals surface area contributed by atoms with Crippen LogP contribution in [-0.4, -0.2) is 34.0 Å². The molecule has 2 N–H and O–H groups in total. The lowest BCUT2D eigenvalue weighted by Crippen LogP contribution is -2.29. The van der Waals surface area contributed by atoms with E-state index in [9.17, 15) is 24.2 Å². The predicted octanol–water partition coefficient (Wildman–Crippen LogP) is 4.78. The zero-order valence-electron chi connectivity index (χ0n) is 17.7. The van der Waals surface area contributed by atoms with Crippen molar-refractivity contribution >= 4 is 44.1 Å². The summed E-state index contributed by atoms with van der Waals surface area (Å²) >= 11 is 1.05. The van der Waals surface area contributed by atoms with Crippen LogP contribution in [0, 0.1) is 5.82 Å². The van der Waals surface area contributed by atoms with E-state index in [0.29, 0.717) is 21.5 Å². The van der Waals surface area contributed by atoms with Crippen LogP contribution in [0.15, 0.2) is 72.3 Å². The van der Waals surface area contributed by atoms with E-state index in [1.165, 1.54) is 42.3 Å². The third-order valence-corrected chi connectivity index (χ3v) is 6.54. The number of ether oxygens (including phenoxy) is 1. The van der Waals surface area contributed by atoms with E-state index in [1.54, 1.807) is 36.4 Å². The van der Waals surface area contributed by atoms with Gasteiger partial charge in [0.05, 0.1) is 28.9 Å². The van der Waals surface area contributed by atoms with E-state index in [2.05, 4.69) is 4.98 Å². The Bertz CT molecular complexity index is 1500. The minimum Gasteiger partial charge on any atom is -0.508 e. The predicted molar refractivity (Wildman–Crippen MR) is 125 cm³/mol. The van der Waals surface area contributed by atoms with Gasteiger partial charge in [-0.15, -0.1) is 0 Å². The van der Waals surface area contributed by atoms with Crippen molar-refractivity contribution in [1.82, 2.24) is 4.98 Å². The van der Waals surface area contributed by atoms with Gasteiger partial charge in [-0.3, -0.25) is 14.5 Å². The molecule has 3 aromatic carbocycles. The molecular weight excluding hydrogens is 459 g/mol. The summed E-state index contributed by atoms with van der Waals surface area (Å²) in [5.74, 6) is -2.25. The van der Waals surface area contributed by atoms with Gasteiger partial charge in [0.25, 0.3) is 5.78 Å². The number of phenols is 1. The van der Waals surface area contributed by atoms with Gasteiger partial charge in [-0.2, -0.15) is 0 Å². The summed E-state index contributed by atoms with van der Waals surface area (Å²) in [5, 5.41) is 21.4. The molecule has 0 spiro atoms. The first-order valence-corrected chi connectivity index (χ1v) is 11.0. The average molecular weight is 476 g/mol. The van der Waals surface area contributed by atoms with Gasteiger partial charge in [-0.1, -0.05) is 35.6 Å². The number of benzene rings is 3. The van der Waals surface area contributed by atoms with Crippen LogP contribution < -0.4 is 9.64 Å². The lowest BCUT2D eigenvalue weighted by atomic mass is 9.95. The molecule has 1 aromatic heterocycles. The number of aliphatic hydroxyl groups is 1. The topological polar surface area (TPSA) is 100.0 Å². The quantitative estimate of drug-likeness (QED) is 0.250. The van der Waals surface area contributed by atoms with E-state index >= 15 is 0 Å². The van der Waals surface area contributed by atoms with Crippen LogP contribution in [0.3, 0.4) is 0 Å². The third kappa shape index (κ3) is 3.56. The molecule has 1 unspecified atom stereocenters. The molecule has 1 aliphatic heterocycles. The SMILES string of the molecule is COc1cccc(C(O)=C2C(=O)C(=O)N(c3nc4ccc(F)cc4s3)C2c2cccc(O)c2)c1. The Labute approximate surface area is 197 Å². The van der Waals surface area contributed by atoms with Gasteiger partial charge in [0.15, 0.2) is 5.13 Å². The molecule has 7 nitrogen and oxygen atoms in total. The lowest BCUT2D eigenvalue weighted by molar-refractivity contribution is -0.132. The number of thiazole rings is 1. The van der Waals surface area contributed by atoms with Crippen LogP contribution in [0.5, 0.6) is 11.5 Å². The summed E-state index contributed by atoms with van der Waals surface area (Å²) in [7, 11) is 1.47. The Morgan fingerprint density at radius 3 is 2.65 bits per heavy atom. The van der Waals surface area contributed by atoms with Gasteiger partial charge in [0.1, 0.15) is 23.1 Å². The van der Waals surface area contributed by atoms with Crippen LogP contribution >= 0.6 is 11.3 Å². The summed E-state index contributed by atoms with van der Waals surface area (Å²) in [5.41, 5.74) is 0.989. The number of aliphatic hydroxyl groups excluding tert-OH is 1. The standard InChI is InChI=1S/C25H17FN2O5S/c1-33-17-7-3-5-14(11-17)22(30)20-21(13-4-2-6-16(29)10-13)28(24(32)23(20)31)25-27-18-9-8-15(26)12-19(18)34-25/h2-12,21,29-30H,1H3. The second-order valence-electron chi connectivity index (χ2n) is 7.60. The fourth-order valence-electron chi connectivity index (χ4n) is 3.96. The molecule has 0 saturated carbocycles. The Balaban J connectivity index is 1.74. The number of ketones is 1. The highest BCUT2D eigenvalue weighted by atomic mass is 32.1. The summed E-state index contributed by atoms with van der Waals surface area (Å²) in [6.45, 7) is 0. The first-order valence-electron chi connectivity index (χ1n) is 10.2. The van der Waals surface area contributed by atoms with E-state index in [4.69, 9.17) is 4.74 Å². The van der Waals surface area contributed by atoms with E-state index in [0.717, 1.165) is 11.3 Å². The largest absolute Gasteiger partial charge is 0.508 e. The van der Waals surface area contributed by atoms with Crippen LogP contribution in [0.4, 0.5) is 9.52 Å². The second kappa shape index (κ2) is 8.27. The van der Waals surface area contributed by atoms with Gasteiger partial charge >= 0.3 is 5.91 Å². The molecule has 1 saturated heterocycles. The molecule has 1 atom stereocenters. The minimum absolute atomic E-state index is 0.0733. The summed E-state index contributed by atoms with van der Waals surface area (Å²) in [6.07, 6.45) is 0. The Morgan fingerprint density at radius 2 is 1.88 bits per heavy atom. The van der Waals surface area contributed by atoms with Crippen molar-refractivity contribution in [3.05, 3.63) is 89.2 Å². The molecule has 34 heavy (non-hydrogen) atoms. The number of hydrogen-bond acceptors (Lipinski definition) is 7. The first kappa shape index (κ1) is 21.6. The van der Waals surface area contributed by atoms with E-state index in [-0.39, 0.29) is 27.8 Å². The zero-order valence-corrected chi connectivity index (χ0v) is 18.5. The monoisotopic (exact) mass is 476 g/mol. The normalized spacial score (nSPS) is 17.5. The Morgan fingerprint density at radius 1 is 1.09 bits per heavy atom. The van der Waals surface area contributed by atoms with Crippen molar-refractivity contribution in [1.29, 1.82) is 0 Å².